The second-order valence-electron chi connectivity index (χ2n) is 6.15. The number of benzene rings is 1. The van der Waals surface area contributed by atoms with Crippen LogP contribution in [0.15, 0.2) is 24.3 Å². The number of carbonyl (C=O) groups excluding carboxylic acids is 1. The summed E-state index contributed by atoms with van der Waals surface area (Å²) in [5.41, 5.74) is 0.0961. The standard InChI is InChI=1S/C16H23N3O4/c1-12-5-7-18(8-6-12)11-15(20)10-17-16(21)13-3-2-4-14(9-13)19(22)23/h2-4,9,12,15,20H,5-8,10-11H2,1H3,(H,17,21). The van der Waals surface area contributed by atoms with E-state index in [0.717, 1.165) is 31.8 Å². The Hall–Kier alpha value is -1.99. The topological polar surface area (TPSA) is 95.7 Å². The molecular weight excluding hydrogens is 298 g/mol. The number of hydrogen-bond donors (Lipinski definition) is 2. The van der Waals surface area contributed by atoms with Crippen molar-refractivity contribution >= 4 is 11.6 Å². The molecule has 2 N–H and O–H groups in total. The van der Waals surface area contributed by atoms with Crippen molar-refractivity contribution in [2.24, 2.45) is 5.92 Å². The summed E-state index contributed by atoms with van der Waals surface area (Å²) in [5.74, 6) is 0.317. The normalized spacial score (nSPS) is 17.7. The largest absolute Gasteiger partial charge is 0.390 e. The number of non-ortho nitro benzene ring substituents is 1. The number of nitro benzene ring substituents is 1. The van der Waals surface area contributed by atoms with Crippen molar-refractivity contribution in [3.8, 4) is 0 Å². The molecule has 1 fully saturated rings. The van der Waals surface area contributed by atoms with Crippen molar-refractivity contribution in [3.63, 3.8) is 0 Å². The lowest BCUT2D eigenvalue weighted by molar-refractivity contribution is -0.384. The minimum Gasteiger partial charge on any atom is -0.390 e. The van der Waals surface area contributed by atoms with Crippen molar-refractivity contribution in [2.45, 2.75) is 25.9 Å². The van der Waals surface area contributed by atoms with Gasteiger partial charge in [-0.25, -0.2) is 0 Å². The van der Waals surface area contributed by atoms with E-state index >= 15 is 0 Å². The van der Waals surface area contributed by atoms with Gasteiger partial charge in [0.25, 0.3) is 11.6 Å². The highest BCUT2D eigenvalue weighted by molar-refractivity contribution is 5.94. The van der Waals surface area contributed by atoms with E-state index in [2.05, 4.69) is 17.1 Å². The van der Waals surface area contributed by atoms with Crippen LogP contribution in [0.4, 0.5) is 5.69 Å². The van der Waals surface area contributed by atoms with Crippen LogP contribution in [0.3, 0.4) is 0 Å². The van der Waals surface area contributed by atoms with Crippen molar-refractivity contribution in [3.05, 3.63) is 39.9 Å². The number of aliphatic hydroxyl groups excluding tert-OH is 1. The van der Waals surface area contributed by atoms with E-state index in [9.17, 15) is 20.0 Å². The molecule has 0 saturated carbocycles. The van der Waals surface area contributed by atoms with Crippen LogP contribution in [0.2, 0.25) is 0 Å². The number of likely N-dealkylation sites (tertiary alicyclic amines) is 1. The Bertz CT molecular complexity index is 556. The first-order chi connectivity index (χ1) is 11.0. The number of β-amino-alcohol motifs (C(OH)–C–C–N with tert-alkyl or cyclic N) is 1. The molecule has 126 valence electrons. The van der Waals surface area contributed by atoms with Gasteiger partial charge in [0.05, 0.1) is 11.0 Å². The lowest BCUT2D eigenvalue weighted by atomic mass is 9.99. The summed E-state index contributed by atoms with van der Waals surface area (Å²) < 4.78 is 0. The van der Waals surface area contributed by atoms with E-state index in [1.165, 1.54) is 24.3 Å². The Morgan fingerprint density at radius 2 is 2.17 bits per heavy atom. The van der Waals surface area contributed by atoms with Gasteiger partial charge >= 0.3 is 0 Å². The maximum atomic E-state index is 12.0. The zero-order valence-corrected chi connectivity index (χ0v) is 13.3. The Balaban J connectivity index is 1.79. The van der Waals surface area contributed by atoms with Gasteiger partial charge in [0.2, 0.25) is 0 Å². The molecular formula is C16H23N3O4. The lowest BCUT2D eigenvalue weighted by Gasteiger charge is -2.31. The third-order valence-corrected chi connectivity index (χ3v) is 4.16. The maximum Gasteiger partial charge on any atom is 0.270 e. The summed E-state index contributed by atoms with van der Waals surface area (Å²) in [4.78, 5) is 24.4. The molecule has 7 nitrogen and oxygen atoms in total. The fraction of sp³-hybridized carbons (Fsp3) is 0.562. The molecule has 1 heterocycles. The Labute approximate surface area is 135 Å². The van der Waals surface area contributed by atoms with Gasteiger partial charge in [0.1, 0.15) is 0 Å². The molecule has 1 aromatic rings. The molecule has 1 aromatic carbocycles. The number of piperidine rings is 1. The molecule has 2 rings (SSSR count). The molecule has 0 spiro atoms. The molecule has 0 bridgehead atoms. The van der Waals surface area contributed by atoms with E-state index in [1.54, 1.807) is 0 Å². The van der Waals surface area contributed by atoms with Crippen LogP contribution in [0.25, 0.3) is 0 Å². The summed E-state index contributed by atoms with van der Waals surface area (Å²) in [6.45, 7) is 4.83. The third-order valence-electron chi connectivity index (χ3n) is 4.16. The number of carbonyl (C=O) groups is 1. The third kappa shape index (κ3) is 5.30. The van der Waals surface area contributed by atoms with Crippen LogP contribution in [0, 0.1) is 16.0 Å². The van der Waals surface area contributed by atoms with Crippen molar-refractivity contribution in [1.82, 2.24) is 10.2 Å². The van der Waals surface area contributed by atoms with Gasteiger partial charge in [-0.1, -0.05) is 13.0 Å². The molecule has 1 amide bonds. The van der Waals surface area contributed by atoms with E-state index in [0.29, 0.717) is 6.54 Å². The second-order valence-corrected chi connectivity index (χ2v) is 6.15. The van der Waals surface area contributed by atoms with E-state index in [1.807, 2.05) is 0 Å². The molecule has 1 aliphatic heterocycles. The van der Waals surface area contributed by atoms with Crippen LogP contribution in [-0.4, -0.2) is 53.1 Å². The maximum absolute atomic E-state index is 12.0. The van der Waals surface area contributed by atoms with Gasteiger partial charge in [-0.15, -0.1) is 0 Å². The number of nitro groups is 1. The lowest BCUT2D eigenvalue weighted by Crippen LogP contribution is -2.43. The van der Waals surface area contributed by atoms with E-state index in [-0.39, 0.29) is 17.8 Å². The second kappa shape index (κ2) is 8.03. The molecule has 0 aliphatic carbocycles. The first kappa shape index (κ1) is 17.4. The molecule has 0 aromatic heterocycles. The summed E-state index contributed by atoms with van der Waals surface area (Å²) in [6, 6.07) is 5.55. The van der Waals surface area contributed by atoms with Gasteiger partial charge in [0.15, 0.2) is 0 Å². The van der Waals surface area contributed by atoms with Gasteiger partial charge in [-0.05, 0) is 37.9 Å². The summed E-state index contributed by atoms with van der Waals surface area (Å²) in [5, 5.41) is 23.4. The predicted octanol–water partition coefficient (Wildman–Crippen LogP) is 1.42. The summed E-state index contributed by atoms with van der Waals surface area (Å²) in [7, 11) is 0. The smallest absolute Gasteiger partial charge is 0.270 e. The molecule has 1 atom stereocenters. The van der Waals surface area contributed by atoms with Gasteiger partial charge in [-0.3, -0.25) is 14.9 Å². The van der Waals surface area contributed by atoms with Crippen molar-refractivity contribution < 1.29 is 14.8 Å². The predicted molar refractivity (Wildman–Crippen MR) is 86.3 cm³/mol. The summed E-state index contributed by atoms with van der Waals surface area (Å²) >= 11 is 0. The quantitative estimate of drug-likeness (QED) is 0.610. The first-order valence-corrected chi connectivity index (χ1v) is 7.89. The molecule has 0 radical (unpaired) electrons. The molecule has 1 unspecified atom stereocenters. The summed E-state index contributed by atoms with van der Waals surface area (Å²) in [6.07, 6.45) is 1.62. The number of rotatable bonds is 6. The number of nitrogens with zero attached hydrogens (tertiary/aromatic N) is 2. The van der Waals surface area contributed by atoms with Crippen molar-refractivity contribution in [1.29, 1.82) is 0 Å². The highest BCUT2D eigenvalue weighted by Gasteiger charge is 2.19. The number of amides is 1. The Morgan fingerprint density at radius 1 is 1.48 bits per heavy atom. The molecule has 23 heavy (non-hydrogen) atoms. The average Bonchev–Trinajstić information content (AvgIpc) is 2.55. The molecule has 1 aliphatic rings. The van der Waals surface area contributed by atoms with Crippen LogP contribution in [0.1, 0.15) is 30.1 Å². The fourth-order valence-corrected chi connectivity index (χ4v) is 2.68. The van der Waals surface area contributed by atoms with Gasteiger partial charge < -0.3 is 15.3 Å². The Kier molecular flexibility index (Phi) is 6.06. The van der Waals surface area contributed by atoms with Gasteiger partial charge in [0, 0.05) is 30.8 Å². The Morgan fingerprint density at radius 3 is 2.83 bits per heavy atom. The number of hydrogen-bond acceptors (Lipinski definition) is 5. The minimum absolute atomic E-state index is 0.124. The first-order valence-electron chi connectivity index (χ1n) is 7.89. The average molecular weight is 321 g/mol. The van der Waals surface area contributed by atoms with Gasteiger partial charge in [-0.2, -0.15) is 0 Å². The van der Waals surface area contributed by atoms with E-state index in [4.69, 9.17) is 0 Å². The zero-order chi connectivity index (χ0) is 16.8. The number of aliphatic hydroxyl groups is 1. The highest BCUT2D eigenvalue weighted by Crippen LogP contribution is 2.16. The minimum atomic E-state index is -0.647. The zero-order valence-electron chi connectivity index (χ0n) is 13.3. The molecule has 7 heteroatoms. The van der Waals surface area contributed by atoms with Crippen LogP contribution in [-0.2, 0) is 0 Å². The number of nitrogens with one attached hydrogen (secondary N) is 1. The van der Waals surface area contributed by atoms with Crippen LogP contribution in [0.5, 0.6) is 0 Å². The SMILES string of the molecule is CC1CCN(CC(O)CNC(=O)c2cccc([N+](=O)[O-])c2)CC1. The highest BCUT2D eigenvalue weighted by atomic mass is 16.6. The monoisotopic (exact) mass is 321 g/mol. The molecule has 1 saturated heterocycles. The fourth-order valence-electron chi connectivity index (χ4n) is 2.68. The van der Waals surface area contributed by atoms with Crippen LogP contribution >= 0.6 is 0 Å². The van der Waals surface area contributed by atoms with Crippen LogP contribution < -0.4 is 5.32 Å². The van der Waals surface area contributed by atoms with E-state index < -0.39 is 16.9 Å². The van der Waals surface area contributed by atoms with Crippen molar-refractivity contribution in [2.75, 3.05) is 26.2 Å².